The highest BCUT2D eigenvalue weighted by Gasteiger charge is 2.03. The standard InChI is InChI=1S/C22H18O4/c1-17(23)25-21(15-19-9-5-3-6-10-19)13-14-22(26-18(2)24)16-20-11-7-4-8-12-20/h3-12,15-16H,1-2H3/b21-15+,22-16+. The molecule has 0 heterocycles. The Kier molecular flexibility index (Phi) is 6.96. The molecule has 0 bridgehead atoms. The Labute approximate surface area is 152 Å². The first-order valence-electron chi connectivity index (χ1n) is 7.95. The summed E-state index contributed by atoms with van der Waals surface area (Å²) in [5.74, 6) is 4.85. The highest BCUT2D eigenvalue weighted by molar-refractivity contribution is 5.72. The van der Waals surface area contributed by atoms with Gasteiger partial charge in [0.05, 0.1) is 0 Å². The van der Waals surface area contributed by atoms with Gasteiger partial charge >= 0.3 is 11.9 Å². The van der Waals surface area contributed by atoms with Crippen LogP contribution in [0.15, 0.2) is 72.2 Å². The van der Waals surface area contributed by atoms with Crippen LogP contribution in [0.5, 0.6) is 0 Å². The third kappa shape index (κ3) is 6.90. The normalized spacial score (nSPS) is 11.2. The molecule has 0 spiro atoms. The second kappa shape index (κ2) is 9.65. The van der Waals surface area contributed by atoms with Crippen LogP contribution in [-0.2, 0) is 19.1 Å². The van der Waals surface area contributed by atoms with Gasteiger partial charge in [-0.3, -0.25) is 9.59 Å². The van der Waals surface area contributed by atoms with Crippen molar-refractivity contribution in [2.24, 2.45) is 0 Å². The van der Waals surface area contributed by atoms with E-state index in [0.717, 1.165) is 11.1 Å². The molecule has 0 aliphatic rings. The predicted molar refractivity (Wildman–Crippen MR) is 100 cm³/mol. The van der Waals surface area contributed by atoms with Crippen LogP contribution in [0.4, 0.5) is 0 Å². The van der Waals surface area contributed by atoms with Gasteiger partial charge in [-0.2, -0.15) is 0 Å². The zero-order valence-electron chi connectivity index (χ0n) is 14.6. The molecule has 0 fully saturated rings. The third-order valence-electron chi connectivity index (χ3n) is 3.01. The molecule has 0 N–H and O–H groups in total. The lowest BCUT2D eigenvalue weighted by atomic mass is 10.2. The first-order chi connectivity index (χ1) is 12.5. The summed E-state index contributed by atoms with van der Waals surface area (Å²) in [6.45, 7) is 2.60. The van der Waals surface area contributed by atoms with Gasteiger partial charge < -0.3 is 9.47 Å². The fourth-order valence-electron chi connectivity index (χ4n) is 2.02. The summed E-state index contributed by atoms with van der Waals surface area (Å²) in [6, 6.07) is 18.7. The molecule has 0 saturated heterocycles. The summed E-state index contributed by atoms with van der Waals surface area (Å²) in [5, 5.41) is 0. The summed E-state index contributed by atoms with van der Waals surface area (Å²) in [4.78, 5) is 22.7. The smallest absolute Gasteiger partial charge is 0.308 e. The fraction of sp³-hybridized carbons (Fsp3) is 0.0909. The van der Waals surface area contributed by atoms with Gasteiger partial charge in [-0.25, -0.2) is 0 Å². The van der Waals surface area contributed by atoms with Crippen LogP contribution in [0.1, 0.15) is 25.0 Å². The molecule has 130 valence electrons. The van der Waals surface area contributed by atoms with Crippen molar-refractivity contribution in [2.45, 2.75) is 13.8 Å². The molecule has 4 nitrogen and oxygen atoms in total. The van der Waals surface area contributed by atoms with Gasteiger partial charge in [0.25, 0.3) is 0 Å². The number of allylic oxidation sites excluding steroid dienone is 2. The Hall–Kier alpha value is -3.58. The molecule has 2 aromatic carbocycles. The monoisotopic (exact) mass is 346 g/mol. The molecule has 2 aromatic rings. The van der Waals surface area contributed by atoms with Crippen LogP contribution in [0.25, 0.3) is 12.2 Å². The van der Waals surface area contributed by atoms with E-state index in [0.29, 0.717) is 0 Å². The quantitative estimate of drug-likeness (QED) is 0.473. The second-order valence-electron chi connectivity index (χ2n) is 5.28. The maximum Gasteiger partial charge on any atom is 0.308 e. The highest BCUT2D eigenvalue weighted by Crippen LogP contribution is 2.10. The maximum atomic E-state index is 11.3. The Morgan fingerprint density at radius 3 is 1.35 bits per heavy atom. The summed E-state index contributed by atoms with van der Waals surface area (Å²) in [5.41, 5.74) is 1.67. The van der Waals surface area contributed by atoms with Crippen molar-refractivity contribution >= 4 is 24.1 Å². The Morgan fingerprint density at radius 2 is 1.04 bits per heavy atom. The van der Waals surface area contributed by atoms with E-state index >= 15 is 0 Å². The Morgan fingerprint density at radius 1 is 0.692 bits per heavy atom. The number of carbonyl (C=O) groups excluding carboxylic acids is 2. The van der Waals surface area contributed by atoms with Crippen LogP contribution in [0, 0.1) is 11.8 Å². The van der Waals surface area contributed by atoms with Crippen molar-refractivity contribution in [1.82, 2.24) is 0 Å². The van der Waals surface area contributed by atoms with Crippen LogP contribution in [-0.4, -0.2) is 11.9 Å². The van der Waals surface area contributed by atoms with Crippen molar-refractivity contribution in [3.63, 3.8) is 0 Å². The third-order valence-corrected chi connectivity index (χ3v) is 3.01. The summed E-state index contributed by atoms with van der Waals surface area (Å²) < 4.78 is 10.3. The summed E-state index contributed by atoms with van der Waals surface area (Å²) >= 11 is 0. The fourth-order valence-corrected chi connectivity index (χ4v) is 2.02. The van der Waals surface area contributed by atoms with Gasteiger partial charge in [-0.05, 0) is 35.1 Å². The summed E-state index contributed by atoms with van der Waals surface area (Å²) in [6.07, 6.45) is 3.28. The van der Waals surface area contributed by atoms with Gasteiger partial charge in [0, 0.05) is 13.8 Å². The van der Waals surface area contributed by atoms with E-state index in [2.05, 4.69) is 11.8 Å². The molecule has 0 radical (unpaired) electrons. The van der Waals surface area contributed by atoms with Gasteiger partial charge in [-0.1, -0.05) is 60.7 Å². The molecular weight excluding hydrogens is 328 g/mol. The predicted octanol–water partition coefficient (Wildman–Crippen LogP) is 4.20. The minimum Gasteiger partial charge on any atom is -0.417 e. The highest BCUT2D eigenvalue weighted by atomic mass is 16.5. The van der Waals surface area contributed by atoms with E-state index in [1.165, 1.54) is 13.8 Å². The SMILES string of the molecule is CC(=O)O/C(C#C/C(=C\c1ccccc1)OC(C)=O)=C/c1ccccc1. The van der Waals surface area contributed by atoms with E-state index in [1.54, 1.807) is 12.2 Å². The number of esters is 2. The van der Waals surface area contributed by atoms with Crippen LogP contribution >= 0.6 is 0 Å². The zero-order chi connectivity index (χ0) is 18.8. The van der Waals surface area contributed by atoms with Crippen LogP contribution in [0.3, 0.4) is 0 Å². The topological polar surface area (TPSA) is 52.6 Å². The number of ether oxygens (including phenoxy) is 2. The van der Waals surface area contributed by atoms with E-state index in [9.17, 15) is 9.59 Å². The van der Waals surface area contributed by atoms with Crippen molar-refractivity contribution in [1.29, 1.82) is 0 Å². The minimum absolute atomic E-state index is 0.162. The molecule has 4 heteroatoms. The van der Waals surface area contributed by atoms with Gasteiger partial charge in [0.2, 0.25) is 0 Å². The number of hydrogen-bond donors (Lipinski definition) is 0. The first-order valence-corrected chi connectivity index (χ1v) is 7.95. The number of rotatable bonds is 4. The maximum absolute atomic E-state index is 11.3. The molecule has 0 unspecified atom stereocenters. The van der Waals surface area contributed by atoms with Gasteiger partial charge in [0.15, 0.2) is 11.5 Å². The molecule has 0 aromatic heterocycles. The van der Waals surface area contributed by atoms with Gasteiger partial charge in [-0.15, -0.1) is 0 Å². The molecule has 0 saturated carbocycles. The number of benzene rings is 2. The first kappa shape index (κ1) is 18.8. The lowest BCUT2D eigenvalue weighted by molar-refractivity contribution is -0.137. The number of carbonyl (C=O) groups is 2. The average molecular weight is 346 g/mol. The molecule has 0 aliphatic heterocycles. The molecule has 0 amide bonds. The van der Waals surface area contributed by atoms with Crippen LogP contribution in [0.2, 0.25) is 0 Å². The lowest BCUT2D eigenvalue weighted by Gasteiger charge is -2.02. The van der Waals surface area contributed by atoms with E-state index < -0.39 is 11.9 Å². The van der Waals surface area contributed by atoms with E-state index in [-0.39, 0.29) is 11.5 Å². The molecule has 0 atom stereocenters. The Balaban J connectivity index is 2.36. The number of hydrogen-bond acceptors (Lipinski definition) is 4. The van der Waals surface area contributed by atoms with Gasteiger partial charge in [0.1, 0.15) is 0 Å². The lowest BCUT2D eigenvalue weighted by Crippen LogP contribution is -1.99. The van der Waals surface area contributed by atoms with Crippen LogP contribution < -0.4 is 0 Å². The van der Waals surface area contributed by atoms with Crippen molar-refractivity contribution in [2.75, 3.05) is 0 Å². The molecular formula is C22H18O4. The molecule has 2 rings (SSSR count). The largest absolute Gasteiger partial charge is 0.417 e. The zero-order valence-corrected chi connectivity index (χ0v) is 14.6. The molecule has 26 heavy (non-hydrogen) atoms. The van der Waals surface area contributed by atoms with Crippen molar-refractivity contribution in [3.8, 4) is 11.8 Å². The molecule has 0 aliphatic carbocycles. The second-order valence-corrected chi connectivity index (χ2v) is 5.28. The van der Waals surface area contributed by atoms with Crippen molar-refractivity contribution in [3.05, 3.63) is 83.3 Å². The Bertz CT molecular complexity index is 808. The van der Waals surface area contributed by atoms with E-state index in [1.807, 2.05) is 60.7 Å². The minimum atomic E-state index is -0.484. The average Bonchev–Trinajstić information content (AvgIpc) is 2.60. The van der Waals surface area contributed by atoms with Crippen molar-refractivity contribution < 1.29 is 19.1 Å². The summed E-state index contributed by atoms with van der Waals surface area (Å²) in [7, 11) is 0. The van der Waals surface area contributed by atoms with E-state index in [4.69, 9.17) is 9.47 Å².